The molecular formula is C42H56N8O6. The fourth-order valence-corrected chi connectivity index (χ4v) is 7.88. The second-order valence-corrected chi connectivity index (χ2v) is 15.5. The molecule has 4 aromatic rings. The highest BCUT2D eigenvalue weighted by molar-refractivity contribution is 5.87. The molecule has 4 heterocycles. The Hall–Kier alpha value is -5.24. The maximum absolute atomic E-state index is 13.5. The lowest BCUT2D eigenvalue weighted by Crippen LogP contribution is -2.51. The number of carbonyl (C=O) groups excluding carboxylic acids is 3. The predicted molar refractivity (Wildman–Crippen MR) is 213 cm³/mol. The number of methoxy groups -OCH3 is 1. The lowest BCUT2D eigenvalue weighted by Gasteiger charge is -2.29. The fraction of sp³-hybridized carbons (Fsp3) is 0.524. The lowest BCUT2D eigenvalue weighted by atomic mass is 9.99. The van der Waals surface area contributed by atoms with Crippen LogP contribution in [0.5, 0.6) is 0 Å². The molecule has 0 radical (unpaired) electrons. The number of carbonyl (C=O) groups is 3. The second kappa shape index (κ2) is 18.6. The van der Waals surface area contributed by atoms with Crippen LogP contribution in [-0.4, -0.2) is 93.4 Å². The highest BCUT2D eigenvalue weighted by atomic mass is 17.2. The molecule has 300 valence electrons. The minimum absolute atomic E-state index is 0.00936. The van der Waals surface area contributed by atoms with Crippen LogP contribution in [0.3, 0.4) is 0 Å². The first-order valence-electron chi connectivity index (χ1n) is 19.8. The van der Waals surface area contributed by atoms with Crippen LogP contribution in [0.25, 0.3) is 10.8 Å². The Labute approximate surface area is 328 Å². The Bertz CT molecular complexity index is 1990. The van der Waals surface area contributed by atoms with Gasteiger partial charge < -0.3 is 34.7 Å². The summed E-state index contributed by atoms with van der Waals surface area (Å²) in [5, 5.41) is 5.10. The number of aryl methyl sites for hydroxylation is 4. The average molecular weight is 769 g/mol. The predicted octanol–water partition coefficient (Wildman–Crippen LogP) is 6.19. The number of benzene rings is 2. The van der Waals surface area contributed by atoms with Gasteiger partial charge in [0.05, 0.1) is 37.7 Å². The minimum Gasteiger partial charge on any atom is -0.453 e. The number of hydrogen-bond donors (Lipinski definition) is 3. The van der Waals surface area contributed by atoms with Gasteiger partial charge in [-0.2, -0.15) is 4.89 Å². The van der Waals surface area contributed by atoms with E-state index in [-0.39, 0.29) is 35.7 Å². The fourth-order valence-electron chi connectivity index (χ4n) is 7.88. The van der Waals surface area contributed by atoms with Gasteiger partial charge in [0.25, 0.3) is 0 Å². The molecule has 0 bridgehead atoms. The van der Waals surface area contributed by atoms with Crippen molar-refractivity contribution >= 4 is 35.1 Å². The van der Waals surface area contributed by atoms with Crippen molar-refractivity contribution in [3.8, 4) is 0 Å². The van der Waals surface area contributed by atoms with Gasteiger partial charge in [-0.3, -0.25) is 9.59 Å². The van der Waals surface area contributed by atoms with E-state index in [0.717, 1.165) is 74.4 Å². The molecule has 14 nitrogen and oxygen atoms in total. The van der Waals surface area contributed by atoms with E-state index in [4.69, 9.17) is 19.6 Å². The molecule has 2 aliphatic heterocycles. The molecule has 2 aliphatic rings. The van der Waals surface area contributed by atoms with E-state index in [0.29, 0.717) is 13.1 Å². The number of hydrogen-bond acceptors (Lipinski definition) is 9. The van der Waals surface area contributed by atoms with Crippen LogP contribution in [-0.2, 0) is 49.8 Å². The minimum atomic E-state index is -0.661. The highest BCUT2D eigenvalue weighted by Crippen LogP contribution is 2.33. The number of likely N-dealkylation sites (tertiary alicyclic amines) is 2. The Kier molecular flexibility index (Phi) is 13.4. The molecule has 56 heavy (non-hydrogen) atoms. The molecule has 0 spiro atoms. The summed E-state index contributed by atoms with van der Waals surface area (Å²) >= 11 is 0. The van der Waals surface area contributed by atoms with E-state index >= 15 is 0 Å². The smallest absolute Gasteiger partial charge is 0.407 e. The van der Waals surface area contributed by atoms with E-state index in [9.17, 15) is 14.4 Å². The number of aromatic nitrogens is 4. The number of nitrogens with one attached hydrogen (secondary N) is 3. The molecule has 3 N–H and O–H groups in total. The van der Waals surface area contributed by atoms with Crippen LogP contribution in [0.2, 0.25) is 0 Å². The monoisotopic (exact) mass is 768 g/mol. The standard InChI is InChI=1S/C42H56N8O6/c1-26(2)36(45-25-56-55-6)40(51)49-19-7-9-34(49)38-43-23-32(46-38)17-13-28-11-15-31-22-29(12-16-30(31)21-28)14-18-33-24-44-39(47-33)35-10-8-20-50(35)41(52)37(27(3)4)48-42(53)54-5/h11-12,15-16,21-27,34-37H,7-10,13-14,17-20H2,1-6H3,(H,43,46)(H,44,47)(H,48,53)/b45-25-/t34-,35-,36-,37-/m0/s1. The Balaban J connectivity index is 1.02. The molecule has 4 atom stereocenters. The number of fused-ring (bicyclic) bond motifs is 1. The van der Waals surface area contributed by atoms with Crippen LogP contribution in [0.1, 0.15) is 99.6 Å². The number of imidazole rings is 2. The van der Waals surface area contributed by atoms with Crippen molar-refractivity contribution in [1.29, 1.82) is 0 Å². The van der Waals surface area contributed by atoms with Gasteiger partial charge in [0.15, 0.2) is 0 Å². The number of rotatable bonds is 16. The Morgan fingerprint density at radius 2 is 1.34 bits per heavy atom. The van der Waals surface area contributed by atoms with E-state index in [1.165, 1.54) is 42.5 Å². The molecule has 2 aromatic heterocycles. The van der Waals surface area contributed by atoms with Gasteiger partial charge in [0.2, 0.25) is 18.2 Å². The van der Waals surface area contributed by atoms with Crippen LogP contribution >= 0.6 is 0 Å². The summed E-state index contributed by atoms with van der Waals surface area (Å²) in [5.41, 5.74) is 4.41. The van der Waals surface area contributed by atoms with Gasteiger partial charge in [-0.15, -0.1) is 0 Å². The van der Waals surface area contributed by atoms with Gasteiger partial charge in [-0.1, -0.05) is 64.1 Å². The van der Waals surface area contributed by atoms with E-state index in [2.05, 4.69) is 61.6 Å². The van der Waals surface area contributed by atoms with Crippen LogP contribution < -0.4 is 5.32 Å². The molecule has 2 fully saturated rings. The third kappa shape index (κ3) is 9.58. The van der Waals surface area contributed by atoms with Gasteiger partial charge in [0.1, 0.15) is 23.7 Å². The summed E-state index contributed by atoms with van der Waals surface area (Å²) in [6.07, 6.45) is 11.2. The van der Waals surface area contributed by atoms with Gasteiger partial charge in [-0.25, -0.2) is 19.8 Å². The molecule has 2 saturated heterocycles. The van der Waals surface area contributed by atoms with Gasteiger partial charge in [0, 0.05) is 25.5 Å². The van der Waals surface area contributed by atoms with Crippen LogP contribution in [0.4, 0.5) is 4.79 Å². The first-order chi connectivity index (χ1) is 27.1. The molecule has 0 saturated carbocycles. The Morgan fingerprint density at radius 3 is 1.82 bits per heavy atom. The first kappa shape index (κ1) is 40.4. The number of alkyl carbamates (subject to hydrolysis) is 1. The summed E-state index contributed by atoms with van der Waals surface area (Å²) in [7, 11) is 2.70. The summed E-state index contributed by atoms with van der Waals surface area (Å²) in [4.78, 5) is 72.9. The number of aromatic amines is 2. The normalized spacial score (nSPS) is 18.4. The number of ether oxygens (including phenoxy) is 1. The third-order valence-electron chi connectivity index (χ3n) is 10.9. The molecular weight excluding hydrogens is 713 g/mol. The zero-order valence-electron chi connectivity index (χ0n) is 33.4. The van der Waals surface area contributed by atoms with Crippen molar-refractivity contribution in [3.63, 3.8) is 0 Å². The maximum atomic E-state index is 13.5. The van der Waals surface area contributed by atoms with Crippen molar-refractivity contribution < 1.29 is 28.9 Å². The van der Waals surface area contributed by atoms with Crippen molar-refractivity contribution in [2.75, 3.05) is 27.3 Å². The zero-order valence-corrected chi connectivity index (χ0v) is 33.4. The summed E-state index contributed by atoms with van der Waals surface area (Å²) in [6, 6.07) is 11.8. The molecule has 2 aromatic carbocycles. The summed E-state index contributed by atoms with van der Waals surface area (Å²) in [5.74, 6) is 1.40. The summed E-state index contributed by atoms with van der Waals surface area (Å²) in [6.45, 7) is 9.08. The van der Waals surface area contributed by atoms with Crippen LogP contribution in [0, 0.1) is 11.8 Å². The molecule has 0 unspecified atom stereocenters. The third-order valence-corrected chi connectivity index (χ3v) is 10.9. The summed E-state index contributed by atoms with van der Waals surface area (Å²) < 4.78 is 4.76. The van der Waals surface area contributed by atoms with Crippen LogP contribution in [0.15, 0.2) is 53.8 Å². The maximum Gasteiger partial charge on any atom is 0.407 e. The van der Waals surface area contributed by atoms with E-state index in [1.807, 2.05) is 49.9 Å². The van der Waals surface area contributed by atoms with Gasteiger partial charge in [-0.05, 0) is 85.1 Å². The quantitative estimate of drug-likeness (QED) is 0.0525. The number of amides is 3. The molecule has 14 heteroatoms. The topological polar surface area (TPSA) is 167 Å². The number of nitrogens with zero attached hydrogens (tertiary/aromatic N) is 5. The zero-order chi connectivity index (χ0) is 39.8. The second-order valence-electron chi connectivity index (χ2n) is 15.5. The van der Waals surface area contributed by atoms with Crippen molar-refractivity contribution in [1.82, 2.24) is 35.1 Å². The highest BCUT2D eigenvalue weighted by Gasteiger charge is 2.38. The molecule has 3 amide bonds. The largest absolute Gasteiger partial charge is 0.453 e. The SMILES string of the molecule is COO/C=N\[C@H](C(=O)N1CCC[C@H]1c1nc(CCc2ccc3cc(CCc4c[nH]c([C@@H]5CCCN5C(=O)[C@@H](NC(=O)OC)C(C)C)n4)ccc3c2)c[nH]1)C(C)C. The van der Waals surface area contributed by atoms with Crippen molar-refractivity contribution in [2.45, 2.75) is 103 Å². The number of H-pyrrole nitrogens is 2. The Morgan fingerprint density at radius 1 is 0.804 bits per heavy atom. The van der Waals surface area contributed by atoms with E-state index < -0.39 is 18.2 Å². The van der Waals surface area contributed by atoms with Crippen molar-refractivity contribution in [3.05, 3.63) is 83.0 Å². The first-order valence-corrected chi connectivity index (χ1v) is 19.8. The van der Waals surface area contributed by atoms with Crippen molar-refractivity contribution in [2.24, 2.45) is 16.8 Å². The van der Waals surface area contributed by atoms with Gasteiger partial charge >= 0.3 is 6.09 Å². The van der Waals surface area contributed by atoms with E-state index in [1.54, 1.807) is 0 Å². The molecule has 6 rings (SSSR count). The average Bonchev–Trinajstić information content (AvgIpc) is 4.03. The number of aliphatic imine (C=N–C) groups is 1. The lowest BCUT2D eigenvalue weighted by molar-refractivity contribution is -0.188. The molecule has 0 aliphatic carbocycles.